The van der Waals surface area contributed by atoms with Gasteiger partial charge in [-0.05, 0) is 0 Å². The first-order valence-corrected chi connectivity index (χ1v) is 17.3. The molecule has 1 atom stereocenters. The molecule has 0 fully saturated rings. The molecule has 0 amide bonds. The van der Waals surface area contributed by atoms with Crippen molar-refractivity contribution in [3.05, 3.63) is 64.2 Å². The Morgan fingerprint density at radius 3 is 2.23 bits per heavy atom. The molecule has 3 rings (SSSR count). The van der Waals surface area contributed by atoms with Crippen LogP contribution in [0.15, 0.2) is 42.0 Å². The van der Waals surface area contributed by atoms with Gasteiger partial charge in [-0.15, -0.1) is 0 Å². The summed E-state index contributed by atoms with van der Waals surface area (Å²) in [6.07, 6.45) is 3.43. The molecule has 0 spiro atoms. The Morgan fingerprint density at radius 1 is 0.962 bits per heavy atom. The van der Waals surface area contributed by atoms with Crippen LogP contribution in [-0.4, -0.2) is 0 Å². The van der Waals surface area contributed by atoms with Gasteiger partial charge < -0.3 is 0 Å². The van der Waals surface area contributed by atoms with Gasteiger partial charge in [0, 0.05) is 0 Å². The zero-order valence-corrected chi connectivity index (χ0v) is 20.2. The topological polar surface area (TPSA) is 0 Å². The molecule has 0 heterocycles. The van der Waals surface area contributed by atoms with Crippen molar-refractivity contribution in [2.24, 2.45) is 5.92 Å². The van der Waals surface area contributed by atoms with E-state index in [1.165, 1.54) is 39.0 Å². The van der Waals surface area contributed by atoms with E-state index in [0.717, 1.165) is 6.42 Å². The van der Waals surface area contributed by atoms with E-state index in [-0.39, 0.29) is 3.63 Å². The predicted molar refractivity (Wildman–Crippen MR) is 113 cm³/mol. The minimum absolute atomic E-state index is 0.284. The molecule has 0 aromatic heterocycles. The zero-order chi connectivity index (χ0) is 19.0. The number of allylic oxidation sites excluding steroid dienone is 1. The van der Waals surface area contributed by atoms with E-state index >= 15 is 0 Å². The van der Waals surface area contributed by atoms with Crippen LogP contribution in [0.4, 0.5) is 0 Å². The van der Waals surface area contributed by atoms with Crippen LogP contribution in [0.2, 0.25) is 0 Å². The van der Waals surface area contributed by atoms with Crippen molar-refractivity contribution in [3.63, 3.8) is 0 Å². The third-order valence-corrected chi connectivity index (χ3v) is 10.7. The van der Waals surface area contributed by atoms with Crippen LogP contribution in [0.25, 0.3) is 17.2 Å². The van der Waals surface area contributed by atoms with Crippen molar-refractivity contribution in [1.82, 2.24) is 0 Å². The van der Waals surface area contributed by atoms with Gasteiger partial charge >= 0.3 is 174 Å². The molecule has 0 bridgehead atoms. The predicted octanol–water partition coefficient (Wildman–Crippen LogP) is 8.06. The van der Waals surface area contributed by atoms with Crippen molar-refractivity contribution in [1.29, 1.82) is 0 Å². The van der Waals surface area contributed by atoms with Crippen LogP contribution < -0.4 is 0 Å². The van der Waals surface area contributed by atoms with Crippen LogP contribution >= 0.6 is 17.0 Å². The normalized spacial score (nSPS) is 16.2. The Labute approximate surface area is 173 Å². The summed E-state index contributed by atoms with van der Waals surface area (Å²) in [4.78, 5) is 0. The van der Waals surface area contributed by atoms with Crippen LogP contribution in [0, 0.1) is 5.92 Å². The first-order chi connectivity index (χ1) is 12.4. The van der Waals surface area contributed by atoms with Crippen LogP contribution in [-0.2, 0) is 25.8 Å². The number of hydrogen-bond donors (Lipinski definition) is 0. The molecule has 2 aromatic carbocycles. The average molecular weight is 466 g/mol. The second-order valence-corrected chi connectivity index (χ2v) is 16.5. The number of halogens is 2. The summed E-state index contributed by atoms with van der Waals surface area (Å²) in [6.45, 7) is 11.3. The van der Waals surface area contributed by atoms with Crippen molar-refractivity contribution in [3.8, 4) is 11.1 Å². The molecule has 2 aromatic rings. The Morgan fingerprint density at radius 2 is 1.65 bits per heavy atom. The Bertz CT molecular complexity index is 834. The fourth-order valence-electron chi connectivity index (χ4n) is 4.10. The van der Waals surface area contributed by atoms with Gasteiger partial charge in [0.15, 0.2) is 0 Å². The van der Waals surface area contributed by atoms with Gasteiger partial charge in [-0.3, -0.25) is 0 Å². The summed E-state index contributed by atoms with van der Waals surface area (Å²) in [7, 11) is 13.3. The zero-order valence-electron chi connectivity index (χ0n) is 16.2. The quantitative estimate of drug-likeness (QED) is 0.419. The second-order valence-electron chi connectivity index (χ2n) is 7.72. The maximum absolute atomic E-state index is 6.63. The third-order valence-electron chi connectivity index (χ3n) is 5.44. The molecule has 1 unspecified atom stereocenters. The molecule has 0 radical (unpaired) electrons. The van der Waals surface area contributed by atoms with E-state index < -0.39 is 19.4 Å². The summed E-state index contributed by atoms with van der Waals surface area (Å²) >= 11 is -2.47. The number of benzene rings is 2. The summed E-state index contributed by atoms with van der Waals surface area (Å²) in [5.74, 6) is 0.961. The fraction of sp³-hybridized carbons (Fsp3) is 0.391. The summed E-state index contributed by atoms with van der Waals surface area (Å²) in [6, 6.07) is 13.4. The second kappa shape index (κ2) is 8.34. The van der Waals surface area contributed by atoms with Gasteiger partial charge in [0.25, 0.3) is 0 Å². The van der Waals surface area contributed by atoms with Crippen LogP contribution in [0.3, 0.4) is 0 Å². The Hall–Kier alpha value is -0.357. The molecular weight excluding hydrogens is 438 g/mol. The number of fused-ring (bicyclic) bond motifs is 1. The van der Waals surface area contributed by atoms with Crippen molar-refractivity contribution < 1.29 is 19.4 Å². The van der Waals surface area contributed by atoms with Gasteiger partial charge in [0.2, 0.25) is 0 Å². The van der Waals surface area contributed by atoms with Crippen LogP contribution in [0.1, 0.15) is 66.4 Å². The van der Waals surface area contributed by atoms with Crippen molar-refractivity contribution in [2.75, 3.05) is 0 Å². The molecule has 0 N–H and O–H groups in total. The third kappa shape index (κ3) is 3.65. The molecule has 26 heavy (non-hydrogen) atoms. The summed E-state index contributed by atoms with van der Waals surface area (Å²) < 4.78 is 0.284. The summed E-state index contributed by atoms with van der Waals surface area (Å²) in [5, 5.41) is 0. The molecule has 1 aliphatic carbocycles. The van der Waals surface area contributed by atoms with E-state index in [1.807, 2.05) is 0 Å². The molecule has 3 heteroatoms. The fourth-order valence-corrected chi connectivity index (χ4v) is 9.82. The van der Waals surface area contributed by atoms with E-state index in [4.69, 9.17) is 17.0 Å². The first kappa shape index (κ1) is 20.4. The molecular formula is C23H27Cl2Zr. The molecule has 0 saturated heterocycles. The molecule has 0 aliphatic heterocycles. The standard InChI is InChI=1S/C23H27.2ClH.Zr/c1-6-17-11-12-18-13-19(15(2)3)14-22(18)23(17)21-10-8-7-9-20(21)16(4)5;;;/h7-16H,6H2,1-5H3;2*1H;/q;;;+2/p-2. The molecule has 137 valence electrons. The number of aryl methyl sites for hydroxylation is 1. The maximum atomic E-state index is 6.63. The Kier molecular flexibility index (Phi) is 6.54. The SMILES string of the molecule is CCc1ccc2c(c1-c1ccccc1C(C)C)C=C(C(C)C)[CH]2[Zr]([Cl])[Cl]. The van der Waals surface area contributed by atoms with Gasteiger partial charge in [0.1, 0.15) is 0 Å². The van der Waals surface area contributed by atoms with Gasteiger partial charge in [-0.1, -0.05) is 0 Å². The molecule has 1 aliphatic rings. The van der Waals surface area contributed by atoms with Crippen molar-refractivity contribution in [2.45, 2.75) is 50.6 Å². The number of hydrogen-bond acceptors (Lipinski definition) is 0. The van der Waals surface area contributed by atoms with Crippen LogP contribution in [0.5, 0.6) is 0 Å². The van der Waals surface area contributed by atoms with Gasteiger partial charge in [0.05, 0.1) is 0 Å². The van der Waals surface area contributed by atoms with E-state index in [1.54, 1.807) is 0 Å². The van der Waals surface area contributed by atoms with Crippen molar-refractivity contribution >= 4 is 23.1 Å². The monoisotopic (exact) mass is 463 g/mol. The first-order valence-electron chi connectivity index (χ1n) is 9.51. The Balaban J connectivity index is 2.32. The van der Waals surface area contributed by atoms with E-state index in [0.29, 0.717) is 11.8 Å². The minimum atomic E-state index is -2.47. The average Bonchev–Trinajstić information content (AvgIpc) is 3.00. The summed E-state index contributed by atoms with van der Waals surface area (Å²) in [5.41, 5.74) is 9.74. The van der Waals surface area contributed by atoms with E-state index in [9.17, 15) is 0 Å². The number of rotatable bonds is 5. The van der Waals surface area contributed by atoms with Gasteiger partial charge in [-0.25, -0.2) is 0 Å². The van der Waals surface area contributed by atoms with E-state index in [2.05, 4.69) is 77.1 Å². The molecule has 0 nitrogen and oxygen atoms in total. The van der Waals surface area contributed by atoms with Gasteiger partial charge in [-0.2, -0.15) is 0 Å². The molecule has 0 saturated carbocycles.